The van der Waals surface area contributed by atoms with Crippen molar-refractivity contribution in [1.29, 1.82) is 0 Å². The van der Waals surface area contributed by atoms with Crippen LogP contribution in [0.4, 0.5) is 5.82 Å². The number of nitrogens with one attached hydrogen (secondary N) is 2. The van der Waals surface area contributed by atoms with Crippen LogP contribution < -0.4 is 15.5 Å². The summed E-state index contributed by atoms with van der Waals surface area (Å²) >= 11 is 0. The molecule has 0 aliphatic carbocycles. The molecule has 1 aromatic rings. The number of amides is 1. The number of hydrogen-bond acceptors (Lipinski definition) is 5. The molecule has 0 saturated heterocycles. The third kappa shape index (κ3) is 5.67. The first-order valence-electron chi connectivity index (χ1n) is 6.23. The molecule has 6 heteroatoms. The van der Waals surface area contributed by atoms with E-state index in [0.717, 1.165) is 17.9 Å². The van der Waals surface area contributed by atoms with Gasteiger partial charge in [-0.1, -0.05) is 6.07 Å². The quantitative estimate of drug-likeness (QED) is 0.648. The van der Waals surface area contributed by atoms with Gasteiger partial charge in [0.1, 0.15) is 5.82 Å². The molecular formula is C13H22N4O2. The molecule has 0 unspecified atom stereocenters. The Morgan fingerprint density at radius 2 is 2.26 bits per heavy atom. The molecule has 0 aromatic carbocycles. The van der Waals surface area contributed by atoms with Crippen molar-refractivity contribution in [2.24, 2.45) is 0 Å². The van der Waals surface area contributed by atoms with E-state index in [-0.39, 0.29) is 12.5 Å². The number of nitrogens with zero attached hydrogens (tertiary/aromatic N) is 2. The van der Waals surface area contributed by atoms with Crippen molar-refractivity contribution in [2.75, 3.05) is 45.8 Å². The first kappa shape index (κ1) is 15.4. The lowest BCUT2D eigenvalue weighted by Gasteiger charge is -2.17. The Balaban J connectivity index is 2.43. The van der Waals surface area contributed by atoms with Crippen LogP contribution in [0.15, 0.2) is 18.3 Å². The largest absolute Gasteiger partial charge is 0.383 e. The van der Waals surface area contributed by atoms with Crippen molar-refractivity contribution < 1.29 is 9.53 Å². The number of methoxy groups -OCH3 is 1. The average Bonchev–Trinajstić information content (AvgIpc) is 2.40. The first-order valence-corrected chi connectivity index (χ1v) is 6.23. The lowest BCUT2D eigenvalue weighted by atomic mass is 10.3. The van der Waals surface area contributed by atoms with Crippen LogP contribution in [-0.4, -0.2) is 51.8 Å². The van der Waals surface area contributed by atoms with Crippen LogP contribution in [-0.2, 0) is 16.1 Å². The maximum absolute atomic E-state index is 11.6. The molecule has 6 nitrogen and oxygen atoms in total. The van der Waals surface area contributed by atoms with E-state index in [2.05, 4.69) is 15.6 Å². The van der Waals surface area contributed by atoms with Gasteiger partial charge in [-0.2, -0.15) is 0 Å². The molecule has 0 aliphatic rings. The standard InChI is InChI=1S/C13H22N4O2/c1-14-8-11-4-5-12(16-9-11)17(2)10-13(18)15-6-7-19-3/h4-5,9,14H,6-8,10H2,1-3H3,(H,15,18). The van der Waals surface area contributed by atoms with Gasteiger partial charge >= 0.3 is 0 Å². The van der Waals surface area contributed by atoms with Crippen LogP contribution in [0.1, 0.15) is 5.56 Å². The minimum absolute atomic E-state index is 0.0411. The van der Waals surface area contributed by atoms with Gasteiger partial charge in [0.15, 0.2) is 0 Å². The van der Waals surface area contributed by atoms with Gasteiger partial charge in [-0.25, -0.2) is 4.98 Å². The second-order valence-corrected chi connectivity index (χ2v) is 4.25. The molecule has 106 valence electrons. The highest BCUT2D eigenvalue weighted by atomic mass is 16.5. The van der Waals surface area contributed by atoms with Crippen LogP contribution in [0.25, 0.3) is 0 Å². The number of likely N-dealkylation sites (N-methyl/N-ethyl adjacent to an activating group) is 1. The lowest BCUT2D eigenvalue weighted by Crippen LogP contribution is -2.36. The van der Waals surface area contributed by atoms with E-state index in [9.17, 15) is 4.79 Å². The van der Waals surface area contributed by atoms with Gasteiger partial charge in [0.05, 0.1) is 13.2 Å². The summed E-state index contributed by atoms with van der Waals surface area (Å²) in [6.07, 6.45) is 1.81. The molecule has 0 spiro atoms. The summed E-state index contributed by atoms with van der Waals surface area (Å²) in [5.74, 6) is 0.738. The van der Waals surface area contributed by atoms with Gasteiger partial charge in [-0.15, -0.1) is 0 Å². The molecule has 1 rings (SSSR count). The van der Waals surface area contributed by atoms with Crippen LogP contribution in [0.5, 0.6) is 0 Å². The van der Waals surface area contributed by atoms with Crippen LogP contribution in [0.2, 0.25) is 0 Å². The highest BCUT2D eigenvalue weighted by molar-refractivity contribution is 5.80. The van der Waals surface area contributed by atoms with Crippen molar-refractivity contribution >= 4 is 11.7 Å². The van der Waals surface area contributed by atoms with Crippen LogP contribution in [0, 0.1) is 0 Å². The summed E-state index contributed by atoms with van der Waals surface area (Å²) in [5.41, 5.74) is 1.11. The Hall–Kier alpha value is -1.66. The van der Waals surface area contributed by atoms with Crippen molar-refractivity contribution in [3.05, 3.63) is 23.9 Å². The maximum Gasteiger partial charge on any atom is 0.239 e. The van der Waals surface area contributed by atoms with E-state index in [4.69, 9.17) is 4.74 Å². The molecule has 1 aromatic heterocycles. The van der Waals surface area contributed by atoms with Gasteiger partial charge in [-0.05, 0) is 18.7 Å². The molecule has 0 radical (unpaired) electrons. The van der Waals surface area contributed by atoms with E-state index >= 15 is 0 Å². The fourth-order valence-corrected chi connectivity index (χ4v) is 1.60. The van der Waals surface area contributed by atoms with Crippen molar-refractivity contribution in [3.8, 4) is 0 Å². The summed E-state index contributed by atoms with van der Waals surface area (Å²) in [6, 6.07) is 3.91. The average molecular weight is 266 g/mol. The van der Waals surface area contributed by atoms with Crippen LogP contribution >= 0.6 is 0 Å². The van der Waals surface area contributed by atoms with Crippen molar-refractivity contribution in [3.63, 3.8) is 0 Å². The number of aromatic nitrogens is 1. The van der Waals surface area contributed by atoms with Crippen molar-refractivity contribution in [2.45, 2.75) is 6.54 Å². The number of anilines is 1. The number of pyridine rings is 1. The Morgan fingerprint density at radius 3 is 2.84 bits per heavy atom. The Labute approximate surface area is 114 Å². The van der Waals surface area contributed by atoms with E-state index < -0.39 is 0 Å². The summed E-state index contributed by atoms with van der Waals surface area (Å²) in [7, 11) is 5.34. The SMILES string of the molecule is CNCc1ccc(N(C)CC(=O)NCCOC)nc1. The fraction of sp³-hybridized carbons (Fsp3) is 0.538. The molecule has 19 heavy (non-hydrogen) atoms. The van der Waals surface area contributed by atoms with Gasteiger partial charge in [0, 0.05) is 33.4 Å². The summed E-state index contributed by atoms with van der Waals surface area (Å²) in [4.78, 5) is 17.8. The topological polar surface area (TPSA) is 66.5 Å². The molecule has 0 saturated carbocycles. The third-order valence-electron chi connectivity index (χ3n) is 2.59. The van der Waals surface area contributed by atoms with Gasteiger partial charge in [0.25, 0.3) is 0 Å². The Bertz CT molecular complexity index is 381. The third-order valence-corrected chi connectivity index (χ3v) is 2.59. The molecule has 0 bridgehead atoms. The minimum Gasteiger partial charge on any atom is -0.383 e. The lowest BCUT2D eigenvalue weighted by molar-refractivity contribution is -0.119. The normalized spacial score (nSPS) is 10.3. The van der Waals surface area contributed by atoms with Gasteiger partial charge < -0.3 is 20.3 Å². The predicted molar refractivity (Wildman–Crippen MR) is 75.2 cm³/mol. The summed E-state index contributed by atoms with van der Waals surface area (Å²) in [5, 5.41) is 5.84. The van der Waals surface area contributed by atoms with E-state index in [1.807, 2.05) is 37.3 Å². The van der Waals surface area contributed by atoms with E-state index in [1.165, 1.54) is 0 Å². The highest BCUT2D eigenvalue weighted by Crippen LogP contribution is 2.08. The minimum atomic E-state index is -0.0411. The monoisotopic (exact) mass is 266 g/mol. The number of hydrogen-bond donors (Lipinski definition) is 2. The highest BCUT2D eigenvalue weighted by Gasteiger charge is 2.07. The van der Waals surface area contributed by atoms with Gasteiger partial charge in [-0.3, -0.25) is 4.79 Å². The zero-order valence-corrected chi connectivity index (χ0v) is 11.8. The summed E-state index contributed by atoms with van der Waals surface area (Å²) in [6.45, 7) is 2.11. The molecule has 2 N–H and O–H groups in total. The van der Waals surface area contributed by atoms with E-state index in [0.29, 0.717) is 13.2 Å². The molecule has 1 heterocycles. The Morgan fingerprint density at radius 1 is 1.47 bits per heavy atom. The van der Waals surface area contributed by atoms with Crippen LogP contribution in [0.3, 0.4) is 0 Å². The zero-order valence-electron chi connectivity index (χ0n) is 11.8. The smallest absolute Gasteiger partial charge is 0.239 e. The maximum atomic E-state index is 11.6. The molecular weight excluding hydrogens is 244 g/mol. The van der Waals surface area contributed by atoms with Gasteiger partial charge in [0.2, 0.25) is 5.91 Å². The number of rotatable bonds is 8. The molecule has 1 amide bonds. The second kappa shape index (κ2) is 8.44. The Kier molecular flexibility index (Phi) is 6.84. The second-order valence-electron chi connectivity index (χ2n) is 4.25. The molecule has 0 aliphatic heterocycles. The number of carbonyl (C=O) groups excluding carboxylic acids is 1. The zero-order chi connectivity index (χ0) is 14.1. The first-order chi connectivity index (χ1) is 9.17. The molecule has 0 atom stereocenters. The fourth-order valence-electron chi connectivity index (χ4n) is 1.60. The predicted octanol–water partition coefficient (Wildman–Crippen LogP) is -0.000200. The molecule has 0 fully saturated rings. The number of ether oxygens (including phenoxy) is 1. The van der Waals surface area contributed by atoms with E-state index in [1.54, 1.807) is 7.11 Å². The summed E-state index contributed by atoms with van der Waals surface area (Å²) < 4.78 is 4.87. The number of carbonyl (C=O) groups is 1. The van der Waals surface area contributed by atoms with Crippen molar-refractivity contribution in [1.82, 2.24) is 15.6 Å².